The molecule has 1 saturated carbocycles. The number of methoxy groups -OCH3 is 1. The largest absolute Gasteiger partial charge is 0.493 e. The van der Waals surface area contributed by atoms with E-state index in [4.69, 9.17) is 21.1 Å². The molecule has 0 spiro atoms. The summed E-state index contributed by atoms with van der Waals surface area (Å²) >= 11 is 5.96. The lowest BCUT2D eigenvalue weighted by Crippen LogP contribution is -2.54. The molecule has 0 atom stereocenters. The van der Waals surface area contributed by atoms with Crippen LogP contribution in [0.25, 0.3) is 10.9 Å². The fraction of sp³-hybridized carbons (Fsp3) is 0.483. The first-order valence-electron chi connectivity index (χ1n) is 13.7. The van der Waals surface area contributed by atoms with Gasteiger partial charge in [0.2, 0.25) is 5.91 Å². The zero-order valence-corrected chi connectivity index (χ0v) is 23.2. The monoisotopic (exact) mass is 555 g/mol. The summed E-state index contributed by atoms with van der Waals surface area (Å²) in [6.07, 6.45) is 7.35. The molecule has 39 heavy (non-hydrogen) atoms. The maximum atomic E-state index is 14.5. The Bertz CT molecular complexity index is 1320. The highest BCUT2D eigenvalue weighted by Crippen LogP contribution is 2.38. The van der Waals surface area contributed by atoms with Gasteiger partial charge in [-0.05, 0) is 50.3 Å². The number of rotatable bonds is 9. The molecule has 0 bridgehead atoms. The quantitative estimate of drug-likeness (QED) is 0.357. The van der Waals surface area contributed by atoms with Crippen molar-refractivity contribution in [1.29, 1.82) is 0 Å². The number of carbonyl (C=O) groups is 1. The Balaban J connectivity index is 1.26. The molecule has 1 aliphatic carbocycles. The molecule has 2 fully saturated rings. The van der Waals surface area contributed by atoms with Crippen LogP contribution in [0.3, 0.4) is 0 Å². The van der Waals surface area contributed by atoms with E-state index < -0.39 is 5.82 Å². The second kappa shape index (κ2) is 12.3. The van der Waals surface area contributed by atoms with Gasteiger partial charge < -0.3 is 19.7 Å². The van der Waals surface area contributed by atoms with Gasteiger partial charge in [0.15, 0.2) is 17.3 Å². The van der Waals surface area contributed by atoms with Gasteiger partial charge >= 0.3 is 0 Å². The molecule has 1 N–H and O–H groups in total. The minimum atomic E-state index is -0.545. The third kappa shape index (κ3) is 6.20. The van der Waals surface area contributed by atoms with Gasteiger partial charge in [-0.25, -0.2) is 14.4 Å². The molecule has 10 heteroatoms. The lowest BCUT2D eigenvalue weighted by Gasteiger charge is -2.41. The number of aromatic nitrogens is 2. The normalized spacial score (nSPS) is 20.3. The predicted octanol–water partition coefficient (Wildman–Crippen LogP) is 5.81. The number of halogens is 2. The molecule has 1 amide bonds. The van der Waals surface area contributed by atoms with E-state index in [-0.39, 0.29) is 22.7 Å². The average molecular weight is 556 g/mol. The standard InChI is InChI=1S/C29H35ClFN5O3/c1-3-4-12-35-13-14-36(17-27(35)37)19-8-10-20(11-9-19)39-26-15-21-24(16-25(26)38-2)32-18-33-29(21)34-23-7-5-6-22(30)28(23)31/h5-7,15-16,18-20H,3-4,8-14,17H2,1-2H3,(H,32,33,34)/t19-,20-. The highest BCUT2D eigenvalue weighted by atomic mass is 35.5. The molecule has 1 aliphatic heterocycles. The first-order chi connectivity index (χ1) is 19.0. The predicted molar refractivity (Wildman–Crippen MR) is 151 cm³/mol. The molecule has 8 nitrogen and oxygen atoms in total. The van der Waals surface area contributed by atoms with E-state index in [2.05, 4.69) is 27.1 Å². The minimum absolute atomic E-state index is 0.0283. The van der Waals surface area contributed by atoms with Gasteiger partial charge in [0.1, 0.15) is 12.1 Å². The second-order valence-electron chi connectivity index (χ2n) is 10.2. The molecule has 1 aromatic heterocycles. The number of hydrogen-bond acceptors (Lipinski definition) is 7. The lowest BCUT2D eigenvalue weighted by molar-refractivity contribution is -0.137. The molecule has 5 rings (SSSR count). The van der Waals surface area contributed by atoms with Gasteiger partial charge in [0, 0.05) is 37.1 Å². The van der Waals surface area contributed by atoms with E-state index >= 15 is 0 Å². The van der Waals surface area contributed by atoms with Crippen LogP contribution >= 0.6 is 11.6 Å². The van der Waals surface area contributed by atoms with Crippen LogP contribution in [0.1, 0.15) is 45.4 Å². The van der Waals surface area contributed by atoms with Crippen molar-refractivity contribution < 1.29 is 18.7 Å². The molecule has 3 aromatic rings. The van der Waals surface area contributed by atoms with Crippen LogP contribution in [0.4, 0.5) is 15.9 Å². The number of amides is 1. The second-order valence-corrected chi connectivity index (χ2v) is 10.6. The van der Waals surface area contributed by atoms with E-state index in [0.717, 1.165) is 58.2 Å². The summed E-state index contributed by atoms with van der Waals surface area (Å²) in [7, 11) is 1.60. The Kier molecular flexibility index (Phi) is 8.67. The highest BCUT2D eigenvalue weighted by molar-refractivity contribution is 6.31. The number of ether oxygens (including phenoxy) is 2. The van der Waals surface area contributed by atoms with Crippen LogP contribution < -0.4 is 14.8 Å². The minimum Gasteiger partial charge on any atom is -0.493 e. The Hall–Kier alpha value is -3.17. The van der Waals surface area contributed by atoms with E-state index in [1.807, 2.05) is 11.0 Å². The third-order valence-corrected chi connectivity index (χ3v) is 8.00. The SMILES string of the molecule is CCCCN1CCN([C@H]2CC[C@H](Oc3cc4c(Nc5cccc(Cl)c5F)ncnc4cc3OC)CC2)CC1=O. The Morgan fingerprint density at radius 3 is 2.69 bits per heavy atom. The summed E-state index contributed by atoms with van der Waals surface area (Å²) in [6.45, 7) is 5.30. The van der Waals surface area contributed by atoms with E-state index in [1.165, 1.54) is 12.4 Å². The van der Waals surface area contributed by atoms with Crippen LogP contribution in [0.15, 0.2) is 36.7 Å². The summed E-state index contributed by atoms with van der Waals surface area (Å²) in [5.41, 5.74) is 0.870. The topological polar surface area (TPSA) is 79.8 Å². The van der Waals surface area contributed by atoms with Crippen molar-refractivity contribution in [3.05, 3.63) is 47.5 Å². The number of fused-ring (bicyclic) bond motifs is 1. The molecule has 2 aliphatic rings. The molecule has 1 saturated heterocycles. The molecule has 0 radical (unpaired) electrons. The molecular weight excluding hydrogens is 521 g/mol. The van der Waals surface area contributed by atoms with Gasteiger partial charge in [0.05, 0.1) is 36.0 Å². The Morgan fingerprint density at radius 2 is 1.95 bits per heavy atom. The Labute approximate surface area is 233 Å². The van der Waals surface area contributed by atoms with E-state index in [1.54, 1.807) is 25.3 Å². The number of hydrogen-bond donors (Lipinski definition) is 1. The molecule has 208 valence electrons. The van der Waals surface area contributed by atoms with Crippen molar-refractivity contribution in [2.24, 2.45) is 0 Å². The van der Waals surface area contributed by atoms with Crippen LogP contribution in [0.2, 0.25) is 5.02 Å². The Morgan fingerprint density at radius 1 is 1.13 bits per heavy atom. The summed E-state index contributed by atoms with van der Waals surface area (Å²) in [6, 6.07) is 8.83. The van der Waals surface area contributed by atoms with Gasteiger partial charge in [0.25, 0.3) is 0 Å². The van der Waals surface area contributed by atoms with Crippen molar-refractivity contribution in [3.8, 4) is 11.5 Å². The summed E-state index contributed by atoms with van der Waals surface area (Å²) in [4.78, 5) is 25.7. The van der Waals surface area contributed by atoms with Gasteiger partial charge in [-0.2, -0.15) is 0 Å². The van der Waals surface area contributed by atoms with Crippen LogP contribution in [-0.4, -0.2) is 71.1 Å². The maximum absolute atomic E-state index is 14.5. The van der Waals surface area contributed by atoms with Gasteiger partial charge in [-0.3, -0.25) is 9.69 Å². The van der Waals surface area contributed by atoms with Gasteiger partial charge in [-0.1, -0.05) is 31.0 Å². The smallest absolute Gasteiger partial charge is 0.236 e. The summed E-state index contributed by atoms with van der Waals surface area (Å²) in [5, 5.41) is 3.75. The van der Waals surface area contributed by atoms with Crippen molar-refractivity contribution in [3.63, 3.8) is 0 Å². The van der Waals surface area contributed by atoms with Crippen molar-refractivity contribution in [2.45, 2.75) is 57.6 Å². The van der Waals surface area contributed by atoms with Crippen LogP contribution in [0.5, 0.6) is 11.5 Å². The zero-order chi connectivity index (χ0) is 27.4. The van der Waals surface area contributed by atoms with Crippen molar-refractivity contribution >= 4 is 39.9 Å². The third-order valence-electron chi connectivity index (χ3n) is 7.71. The average Bonchev–Trinajstić information content (AvgIpc) is 2.95. The fourth-order valence-corrected chi connectivity index (χ4v) is 5.65. The lowest BCUT2D eigenvalue weighted by atomic mass is 9.91. The van der Waals surface area contributed by atoms with E-state index in [9.17, 15) is 9.18 Å². The van der Waals surface area contributed by atoms with Crippen LogP contribution in [-0.2, 0) is 4.79 Å². The van der Waals surface area contributed by atoms with Crippen molar-refractivity contribution in [1.82, 2.24) is 19.8 Å². The summed E-state index contributed by atoms with van der Waals surface area (Å²) in [5.74, 6) is 1.32. The number of unbranched alkanes of at least 4 members (excludes halogenated alkanes) is 1. The molecule has 0 unspecified atom stereocenters. The number of anilines is 2. The molecule has 2 heterocycles. The number of piperazine rings is 1. The maximum Gasteiger partial charge on any atom is 0.236 e. The first kappa shape index (κ1) is 27.4. The number of carbonyl (C=O) groups excluding carboxylic acids is 1. The van der Waals surface area contributed by atoms with Gasteiger partial charge in [-0.15, -0.1) is 0 Å². The van der Waals surface area contributed by atoms with Crippen LogP contribution in [0, 0.1) is 5.82 Å². The molecular formula is C29H35ClFN5O3. The highest BCUT2D eigenvalue weighted by Gasteiger charge is 2.32. The number of benzene rings is 2. The first-order valence-corrected chi connectivity index (χ1v) is 14.1. The molecule has 2 aromatic carbocycles. The summed E-state index contributed by atoms with van der Waals surface area (Å²) < 4.78 is 26.6. The fourth-order valence-electron chi connectivity index (χ4n) is 5.47. The van der Waals surface area contributed by atoms with Crippen molar-refractivity contribution in [2.75, 3.05) is 38.6 Å². The number of nitrogens with zero attached hydrogens (tertiary/aromatic N) is 4. The van der Waals surface area contributed by atoms with E-state index in [0.29, 0.717) is 40.8 Å². The zero-order valence-electron chi connectivity index (χ0n) is 22.5. The number of nitrogens with one attached hydrogen (secondary N) is 1.